The smallest absolute Gasteiger partial charge is 0.257 e. The minimum Gasteiger partial charge on any atom is -0.493 e. The van der Waals surface area contributed by atoms with Gasteiger partial charge in [0, 0.05) is 25.0 Å². The Kier molecular flexibility index (Phi) is 7.33. The van der Waals surface area contributed by atoms with Gasteiger partial charge in [0.15, 0.2) is 11.5 Å². The molecule has 0 unspecified atom stereocenters. The van der Waals surface area contributed by atoms with Crippen molar-refractivity contribution in [1.29, 1.82) is 0 Å². The number of carbonyl (C=O) groups excluding carboxylic acids is 1. The van der Waals surface area contributed by atoms with Gasteiger partial charge in [-0.05, 0) is 42.2 Å². The van der Waals surface area contributed by atoms with E-state index in [-0.39, 0.29) is 11.7 Å². The number of amides is 1. The fourth-order valence-corrected chi connectivity index (χ4v) is 4.86. The largest absolute Gasteiger partial charge is 0.493 e. The van der Waals surface area contributed by atoms with E-state index >= 15 is 0 Å². The van der Waals surface area contributed by atoms with E-state index < -0.39 is 15.9 Å². The molecule has 7 nitrogen and oxygen atoms in total. The molecule has 0 aliphatic carbocycles. The van der Waals surface area contributed by atoms with Gasteiger partial charge in [0.25, 0.3) is 5.91 Å². The molecule has 2 aromatic rings. The first-order chi connectivity index (χ1) is 15.1. The predicted octanol–water partition coefficient (Wildman–Crippen LogP) is 3.90. The van der Waals surface area contributed by atoms with Crippen molar-refractivity contribution in [1.82, 2.24) is 4.90 Å². The van der Waals surface area contributed by atoms with Crippen molar-refractivity contribution in [3.63, 3.8) is 0 Å². The molecule has 1 amide bonds. The lowest BCUT2D eigenvalue weighted by molar-refractivity contribution is 0.0719. The summed E-state index contributed by atoms with van der Waals surface area (Å²) in [6.07, 6.45) is 1.19. The number of methoxy groups -OCH3 is 1. The zero-order valence-electron chi connectivity index (χ0n) is 19.3. The number of hydrogen-bond donors (Lipinski definition) is 1. The molecule has 2 aromatic carbocycles. The van der Waals surface area contributed by atoms with Gasteiger partial charge in [-0.15, -0.1) is 0 Å². The summed E-state index contributed by atoms with van der Waals surface area (Å²) in [4.78, 5) is 15.2. The maximum absolute atomic E-state index is 13.5. The summed E-state index contributed by atoms with van der Waals surface area (Å²) in [6.45, 7) is 7.61. The molecule has 32 heavy (non-hydrogen) atoms. The summed E-state index contributed by atoms with van der Waals surface area (Å²) in [7, 11) is -1.82. The van der Waals surface area contributed by atoms with Crippen LogP contribution in [0.4, 0.5) is 5.69 Å². The van der Waals surface area contributed by atoms with E-state index in [1.807, 2.05) is 25.1 Å². The highest BCUT2D eigenvalue weighted by molar-refractivity contribution is 7.90. The van der Waals surface area contributed by atoms with Crippen molar-refractivity contribution in [3.8, 4) is 11.5 Å². The summed E-state index contributed by atoms with van der Waals surface area (Å²) >= 11 is 0. The highest BCUT2D eigenvalue weighted by atomic mass is 32.2. The molecule has 0 radical (unpaired) electrons. The molecule has 8 heteroatoms. The second kappa shape index (κ2) is 9.81. The van der Waals surface area contributed by atoms with Crippen molar-refractivity contribution in [2.45, 2.75) is 33.4 Å². The lowest BCUT2D eigenvalue weighted by Gasteiger charge is -2.28. The normalized spacial score (nSPS) is 14.4. The average Bonchev–Trinajstić information content (AvgIpc) is 3.07. The van der Waals surface area contributed by atoms with Crippen molar-refractivity contribution in [2.24, 2.45) is 5.92 Å². The molecular weight excluding hydrogens is 428 g/mol. The molecule has 0 fully saturated rings. The van der Waals surface area contributed by atoms with Gasteiger partial charge < -0.3 is 19.7 Å². The van der Waals surface area contributed by atoms with E-state index in [1.54, 1.807) is 30.2 Å². The third-order valence-corrected chi connectivity index (χ3v) is 6.30. The van der Waals surface area contributed by atoms with Crippen LogP contribution in [0.1, 0.15) is 48.3 Å². The lowest BCUT2D eigenvalue weighted by Crippen LogP contribution is -2.34. The van der Waals surface area contributed by atoms with E-state index in [2.05, 4.69) is 19.2 Å². The van der Waals surface area contributed by atoms with Crippen LogP contribution in [-0.4, -0.2) is 51.5 Å². The number of nitrogens with zero attached hydrogens (tertiary/aromatic N) is 1. The Morgan fingerprint density at radius 3 is 2.53 bits per heavy atom. The first kappa shape index (κ1) is 23.9. The number of hydrogen-bond acceptors (Lipinski definition) is 6. The van der Waals surface area contributed by atoms with Crippen LogP contribution in [0.25, 0.3) is 0 Å². The molecule has 174 valence electrons. The van der Waals surface area contributed by atoms with Crippen molar-refractivity contribution in [3.05, 3.63) is 53.1 Å². The summed E-state index contributed by atoms with van der Waals surface area (Å²) in [5.41, 5.74) is 2.98. The Hall–Kier alpha value is -2.74. The standard InChI is InChI=1S/C24H32N2O5S/c1-6-31-22-12-17(10-11-21(22)30-4)20(15-32(5,28)29)26-14-18-8-7-9-19(23(18)24(26)27)25-13-16(2)3/h7-12,16,20,25H,6,13-15H2,1-5H3/t20-/m0/s1. The van der Waals surface area contributed by atoms with Crippen LogP contribution in [0.3, 0.4) is 0 Å². The zero-order chi connectivity index (χ0) is 23.5. The molecule has 3 rings (SSSR count). The maximum atomic E-state index is 13.5. The van der Waals surface area contributed by atoms with Crippen LogP contribution in [-0.2, 0) is 16.4 Å². The average molecular weight is 461 g/mol. The van der Waals surface area contributed by atoms with E-state index in [9.17, 15) is 13.2 Å². The number of anilines is 1. The molecule has 1 atom stereocenters. The van der Waals surface area contributed by atoms with Crippen LogP contribution in [0.5, 0.6) is 11.5 Å². The topological polar surface area (TPSA) is 84.9 Å². The van der Waals surface area contributed by atoms with Gasteiger partial charge in [0.1, 0.15) is 9.84 Å². The molecule has 0 aromatic heterocycles. The molecule has 0 saturated carbocycles. The van der Waals surface area contributed by atoms with E-state index in [0.717, 1.165) is 17.8 Å². The Balaban J connectivity index is 2.01. The number of fused-ring (bicyclic) bond motifs is 1. The lowest BCUT2D eigenvalue weighted by atomic mass is 10.1. The van der Waals surface area contributed by atoms with Gasteiger partial charge in [0.2, 0.25) is 0 Å². The molecule has 1 heterocycles. The van der Waals surface area contributed by atoms with Crippen molar-refractivity contribution in [2.75, 3.05) is 37.6 Å². The van der Waals surface area contributed by atoms with Gasteiger partial charge in [-0.1, -0.05) is 32.0 Å². The van der Waals surface area contributed by atoms with Crippen LogP contribution < -0.4 is 14.8 Å². The summed E-state index contributed by atoms with van der Waals surface area (Å²) < 4.78 is 35.7. The Morgan fingerprint density at radius 1 is 1.16 bits per heavy atom. The number of ether oxygens (including phenoxy) is 2. The van der Waals surface area contributed by atoms with E-state index in [4.69, 9.17) is 9.47 Å². The van der Waals surface area contributed by atoms with Crippen LogP contribution in [0.15, 0.2) is 36.4 Å². The summed E-state index contributed by atoms with van der Waals surface area (Å²) in [6, 6.07) is 10.4. The number of rotatable bonds is 10. The highest BCUT2D eigenvalue weighted by Crippen LogP contribution is 2.38. The number of nitrogens with one attached hydrogen (secondary N) is 1. The molecule has 1 aliphatic heterocycles. The number of sulfone groups is 1. The monoisotopic (exact) mass is 460 g/mol. The van der Waals surface area contributed by atoms with Gasteiger partial charge in [-0.25, -0.2) is 8.42 Å². The van der Waals surface area contributed by atoms with Gasteiger partial charge >= 0.3 is 0 Å². The van der Waals surface area contributed by atoms with Crippen LogP contribution in [0, 0.1) is 5.92 Å². The summed E-state index contributed by atoms with van der Waals surface area (Å²) in [5, 5.41) is 3.36. The van der Waals surface area contributed by atoms with Gasteiger partial charge in [0.05, 0.1) is 31.1 Å². The van der Waals surface area contributed by atoms with Crippen LogP contribution in [0.2, 0.25) is 0 Å². The van der Waals surface area contributed by atoms with Crippen molar-refractivity contribution < 1.29 is 22.7 Å². The minimum absolute atomic E-state index is 0.172. The predicted molar refractivity (Wildman–Crippen MR) is 126 cm³/mol. The maximum Gasteiger partial charge on any atom is 0.257 e. The fourth-order valence-electron chi connectivity index (χ4n) is 3.92. The Labute approximate surface area is 190 Å². The first-order valence-electron chi connectivity index (χ1n) is 10.8. The first-order valence-corrected chi connectivity index (χ1v) is 12.9. The van der Waals surface area contributed by atoms with Crippen molar-refractivity contribution >= 4 is 21.4 Å². The van der Waals surface area contributed by atoms with Gasteiger partial charge in [-0.3, -0.25) is 4.79 Å². The SMILES string of the molecule is CCOc1cc([C@H](CS(C)(=O)=O)N2Cc3cccc(NCC(C)C)c3C2=O)ccc1OC. The second-order valence-electron chi connectivity index (χ2n) is 8.50. The second-order valence-corrected chi connectivity index (χ2v) is 10.7. The molecular formula is C24H32N2O5S. The molecule has 0 saturated heterocycles. The third kappa shape index (κ3) is 5.35. The molecule has 0 spiro atoms. The van der Waals surface area contributed by atoms with Crippen LogP contribution >= 0.6 is 0 Å². The minimum atomic E-state index is -3.37. The molecule has 1 aliphatic rings. The third-order valence-electron chi connectivity index (χ3n) is 5.38. The molecule has 0 bridgehead atoms. The highest BCUT2D eigenvalue weighted by Gasteiger charge is 2.37. The van der Waals surface area contributed by atoms with E-state index in [0.29, 0.717) is 41.7 Å². The number of carbonyl (C=O) groups is 1. The number of benzene rings is 2. The Bertz CT molecular complexity index is 1080. The fraction of sp³-hybridized carbons (Fsp3) is 0.458. The van der Waals surface area contributed by atoms with E-state index in [1.165, 1.54) is 6.26 Å². The molecule has 1 N–H and O–H groups in total. The quantitative estimate of drug-likeness (QED) is 0.579. The summed E-state index contributed by atoms with van der Waals surface area (Å²) in [5.74, 6) is 1.15. The Morgan fingerprint density at radius 2 is 1.91 bits per heavy atom. The zero-order valence-corrected chi connectivity index (χ0v) is 20.2. The van der Waals surface area contributed by atoms with Gasteiger partial charge in [-0.2, -0.15) is 0 Å².